The molecule has 1 atom stereocenters. The first kappa shape index (κ1) is 12.9. The van der Waals surface area contributed by atoms with Gasteiger partial charge in [-0.3, -0.25) is 4.79 Å². The van der Waals surface area contributed by atoms with Crippen molar-refractivity contribution in [2.24, 2.45) is 0 Å². The minimum atomic E-state index is -0.0768. The van der Waals surface area contributed by atoms with Crippen LogP contribution in [-0.4, -0.2) is 12.4 Å². The number of ether oxygens (including phenoxy) is 1. The highest BCUT2D eigenvalue weighted by atomic mass is 16.5. The molecule has 1 unspecified atom stereocenters. The molecule has 2 aromatic rings. The van der Waals surface area contributed by atoms with Crippen LogP contribution in [0.4, 0.5) is 0 Å². The lowest BCUT2D eigenvalue weighted by atomic mass is 9.86. The number of ketones is 1. The van der Waals surface area contributed by atoms with Crippen LogP contribution in [0.5, 0.6) is 5.75 Å². The molecule has 0 radical (unpaired) electrons. The van der Waals surface area contributed by atoms with E-state index < -0.39 is 0 Å². The fourth-order valence-electron chi connectivity index (χ4n) is 2.76. The minimum Gasteiger partial charge on any atom is -0.493 e. The van der Waals surface area contributed by atoms with Crippen LogP contribution in [0.1, 0.15) is 40.7 Å². The van der Waals surface area contributed by atoms with E-state index in [0.29, 0.717) is 6.61 Å². The van der Waals surface area contributed by atoms with E-state index in [1.165, 1.54) is 5.56 Å². The molecular weight excluding hydrogens is 248 g/mol. The van der Waals surface area contributed by atoms with Crippen molar-refractivity contribution in [2.75, 3.05) is 6.61 Å². The molecule has 0 bridgehead atoms. The van der Waals surface area contributed by atoms with Crippen molar-refractivity contribution < 1.29 is 9.53 Å². The van der Waals surface area contributed by atoms with Gasteiger partial charge in [0, 0.05) is 11.1 Å². The fraction of sp³-hybridized carbons (Fsp3) is 0.278. The molecule has 0 aliphatic carbocycles. The van der Waals surface area contributed by atoms with E-state index in [1.807, 2.05) is 42.5 Å². The minimum absolute atomic E-state index is 0.0768. The molecule has 2 aromatic carbocycles. The summed E-state index contributed by atoms with van der Waals surface area (Å²) in [5.41, 5.74) is 3.04. The van der Waals surface area contributed by atoms with Crippen molar-refractivity contribution in [1.82, 2.24) is 0 Å². The van der Waals surface area contributed by atoms with Gasteiger partial charge in [-0.15, -0.1) is 0 Å². The predicted molar refractivity (Wildman–Crippen MR) is 79.4 cm³/mol. The Bertz CT molecular complexity index is 631. The molecule has 0 fully saturated rings. The number of hydrogen-bond acceptors (Lipinski definition) is 2. The Kier molecular flexibility index (Phi) is 3.55. The molecule has 0 amide bonds. The zero-order valence-corrected chi connectivity index (χ0v) is 11.6. The van der Waals surface area contributed by atoms with Crippen LogP contribution in [0.15, 0.2) is 48.5 Å². The lowest BCUT2D eigenvalue weighted by Crippen LogP contribution is -2.21. The van der Waals surface area contributed by atoms with Crippen molar-refractivity contribution in [3.05, 3.63) is 65.2 Å². The van der Waals surface area contributed by atoms with E-state index in [1.54, 1.807) is 0 Å². The van der Waals surface area contributed by atoms with Gasteiger partial charge in [0.25, 0.3) is 0 Å². The molecular formula is C18H18O2. The number of rotatable bonds is 3. The average Bonchev–Trinajstić information content (AvgIpc) is 2.53. The lowest BCUT2D eigenvalue weighted by Gasteiger charge is -2.25. The zero-order valence-electron chi connectivity index (χ0n) is 11.6. The van der Waals surface area contributed by atoms with Crippen molar-refractivity contribution in [2.45, 2.75) is 25.7 Å². The third-order valence-electron chi connectivity index (χ3n) is 3.89. The highest BCUT2D eigenvalue weighted by Gasteiger charge is 2.28. The van der Waals surface area contributed by atoms with Gasteiger partial charge in [0.15, 0.2) is 5.78 Å². The summed E-state index contributed by atoms with van der Waals surface area (Å²) in [5, 5.41) is 0. The summed E-state index contributed by atoms with van der Waals surface area (Å²) in [7, 11) is 0. The topological polar surface area (TPSA) is 26.3 Å². The molecule has 0 aromatic heterocycles. The number of benzene rings is 2. The largest absolute Gasteiger partial charge is 0.493 e. The van der Waals surface area contributed by atoms with Crippen LogP contribution in [0.2, 0.25) is 0 Å². The molecule has 2 nitrogen and oxygen atoms in total. The quantitative estimate of drug-likeness (QED) is 0.785. The number of Topliss-reactive ketones (excluding diaryl/α,β-unsaturated/α-hetero) is 1. The maximum atomic E-state index is 12.8. The van der Waals surface area contributed by atoms with Crippen molar-refractivity contribution in [3.63, 3.8) is 0 Å². The van der Waals surface area contributed by atoms with Crippen LogP contribution in [0, 0.1) is 0 Å². The molecule has 2 heteroatoms. The van der Waals surface area contributed by atoms with Crippen molar-refractivity contribution in [1.29, 1.82) is 0 Å². The van der Waals surface area contributed by atoms with E-state index in [9.17, 15) is 4.79 Å². The molecule has 1 aliphatic heterocycles. The second kappa shape index (κ2) is 5.49. The summed E-state index contributed by atoms with van der Waals surface area (Å²) < 4.78 is 5.63. The number of carbonyl (C=O) groups is 1. The molecule has 3 rings (SSSR count). The fourth-order valence-corrected chi connectivity index (χ4v) is 2.76. The maximum Gasteiger partial charge on any atom is 0.170 e. The maximum absolute atomic E-state index is 12.8. The summed E-state index contributed by atoms with van der Waals surface area (Å²) in [6, 6.07) is 15.8. The third-order valence-corrected chi connectivity index (χ3v) is 3.89. The standard InChI is InChI=1S/C18H18O2/c1-2-13-6-5-7-14(12-13)18(19)16-10-11-20-17-9-4-3-8-15(16)17/h3-9,12,16H,2,10-11H2,1H3. The van der Waals surface area contributed by atoms with Crippen molar-refractivity contribution >= 4 is 5.78 Å². The molecule has 0 saturated carbocycles. The monoisotopic (exact) mass is 266 g/mol. The lowest BCUT2D eigenvalue weighted by molar-refractivity contribution is 0.0933. The van der Waals surface area contributed by atoms with Gasteiger partial charge in [-0.2, -0.15) is 0 Å². The van der Waals surface area contributed by atoms with Crippen molar-refractivity contribution in [3.8, 4) is 5.75 Å². The molecule has 0 N–H and O–H groups in total. The normalized spacial score (nSPS) is 17.1. The molecule has 1 heterocycles. The van der Waals surface area contributed by atoms with Gasteiger partial charge in [-0.25, -0.2) is 0 Å². The van der Waals surface area contributed by atoms with Crippen LogP contribution in [-0.2, 0) is 6.42 Å². The van der Waals surface area contributed by atoms with E-state index in [2.05, 4.69) is 13.0 Å². The van der Waals surface area contributed by atoms with Crippen LogP contribution < -0.4 is 4.74 Å². The average molecular weight is 266 g/mol. The second-order valence-corrected chi connectivity index (χ2v) is 5.15. The summed E-state index contributed by atoms with van der Waals surface area (Å²) >= 11 is 0. The van der Waals surface area contributed by atoms with Gasteiger partial charge < -0.3 is 4.74 Å². The van der Waals surface area contributed by atoms with Crippen LogP contribution in [0.3, 0.4) is 0 Å². The molecule has 102 valence electrons. The van der Waals surface area contributed by atoms with Gasteiger partial charge in [0.2, 0.25) is 0 Å². The predicted octanol–water partition coefficient (Wildman–Crippen LogP) is 4.00. The number of para-hydroxylation sites is 1. The number of hydrogen-bond donors (Lipinski definition) is 0. The van der Waals surface area contributed by atoms with Gasteiger partial charge in [-0.1, -0.05) is 43.3 Å². The molecule has 1 aliphatic rings. The first-order valence-corrected chi connectivity index (χ1v) is 7.14. The summed E-state index contributed by atoms with van der Waals surface area (Å²) in [6.07, 6.45) is 1.71. The summed E-state index contributed by atoms with van der Waals surface area (Å²) in [6.45, 7) is 2.72. The smallest absolute Gasteiger partial charge is 0.170 e. The summed E-state index contributed by atoms with van der Waals surface area (Å²) in [4.78, 5) is 12.8. The van der Waals surface area contributed by atoms with E-state index in [0.717, 1.165) is 29.7 Å². The van der Waals surface area contributed by atoms with Gasteiger partial charge in [0.05, 0.1) is 12.5 Å². The highest BCUT2D eigenvalue weighted by molar-refractivity contribution is 6.01. The third kappa shape index (κ3) is 2.34. The van der Waals surface area contributed by atoms with Gasteiger partial charge >= 0.3 is 0 Å². The molecule has 20 heavy (non-hydrogen) atoms. The van der Waals surface area contributed by atoms with Crippen LogP contribution in [0.25, 0.3) is 0 Å². The SMILES string of the molecule is CCc1cccc(C(=O)C2CCOc3ccccc32)c1. The number of aryl methyl sites for hydroxylation is 1. The number of fused-ring (bicyclic) bond motifs is 1. The van der Waals surface area contributed by atoms with Gasteiger partial charge in [-0.05, 0) is 30.5 Å². The molecule has 0 saturated heterocycles. The Hall–Kier alpha value is -2.09. The molecule has 0 spiro atoms. The number of carbonyl (C=O) groups excluding carboxylic acids is 1. The first-order chi connectivity index (χ1) is 9.79. The first-order valence-electron chi connectivity index (χ1n) is 7.14. The Morgan fingerprint density at radius 3 is 2.90 bits per heavy atom. The Morgan fingerprint density at radius 2 is 2.05 bits per heavy atom. The van der Waals surface area contributed by atoms with E-state index in [4.69, 9.17) is 4.74 Å². The van der Waals surface area contributed by atoms with E-state index >= 15 is 0 Å². The Morgan fingerprint density at radius 1 is 1.20 bits per heavy atom. The second-order valence-electron chi connectivity index (χ2n) is 5.15. The Labute approximate surface area is 119 Å². The Balaban J connectivity index is 1.95. The summed E-state index contributed by atoms with van der Waals surface area (Å²) in [5.74, 6) is 0.979. The van der Waals surface area contributed by atoms with Crippen LogP contribution >= 0.6 is 0 Å². The van der Waals surface area contributed by atoms with E-state index in [-0.39, 0.29) is 11.7 Å². The van der Waals surface area contributed by atoms with Gasteiger partial charge in [0.1, 0.15) is 5.75 Å². The zero-order chi connectivity index (χ0) is 13.9. The highest BCUT2D eigenvalue weighted by Crippen LogP contribution is 2.35.